The molecular weight excluding hydrogens is 761 g/mol. The first kappa shape index (κ1) is 39.5. The maximum absolute atomic E-state index is 4.60. The van der Waals surface area contributed by atoms with E-state index in [2.05, 4.69) is 225 Å². The van der Waals surface area contributed by atoms with Crippen LogP contribution in [0, 0.1) is 6.92 Å². The summed E-state index contributed by atoms with van der Waals surface area (Å²) >= 11 is 0. The van der Waals surface area contributed by atoms with E-state index in [4.69, 9.17) is 0 Å². The molecule has 0 saturated heterocycles. The van der Waals surface area contributed by atoms with E-state index in [0.717, 1.165) is 11.1 Å². The second kappa shape index (κ2) is 16.7. The zero-order valence-corrected chi connectivity index (χ0v) is 35.7. The predicted octanol–water partition coefficient (Wildman–Crippen LogP) is 15.0. The fourth-order valence-corrected chi connectivity index (χ4v) is 10.2. The van der Waals surface area contributed by atoms with Crippen molar-refractivity contribution in [1.29, 1.82) is 0 Å². The monoisotopic (exact) mass is 808 g/mol. The average molecular weight is 809 g/mol. The minimum Gasteiger partial charge on any atom is -0.333 e. The first-order valence-corrected chi connectivity index (χ1v) is 21.7. The van der Waals surface area contributed by atoms with Crippen molar-refractivity contribution in [2.45, 2.75) is 18.4 Å². The molecule has 302 valence electrons. The second-order valence-electron chi connectivity index (χ2n) is 16.4. The quantitative estimate of drug-likeness (QED) is 0.132. The summed E-state index contributed by atoms with van der Waals surface area (Å²) < 4.78 is 0. The van der Waals surface area contributed by atoms with Gasteiger partial charge in [0, 0.05) is 0 Å². The lowest BCUT2D eigenvalue weighted by Gasteiger charge is -2.30. The van der Waals surface area contributed by atoms with Crippen LogP contribution in [0.15, 0.2) is 229 Å². The molecule has 2 heteroatoms. The van der Waals surface area contributed by atoms with Crippen LogP contribution < -0.4 is 5.73 Å². The van der Waals surface area contributed by atoms with Crippen LogP contribution in [0.25, 0.3) is 66.1 Å². The molecule has 2 aliphatic rings. The molecule has 1 unspecified atom stereocenters. The summed E-state index contributed by atoms with van der Waals surface area (Å²) in [5.74, 6) is 0. The lowest BCUT2D eigenvalue weighted by molar-refractivity contribution is 0.797. The molecule has 0 aliphatic heterocycles. The summed E-state index contributed by atoms with van der Waals surface area (Å²) in [5.41, 5.74) is 23.1. The summed E-state index contributed by atoms with van der Waals surface area (Å²) in [6.07, 6.45) is 0. The van der Waals surface area contributed by atoms with E-state index in [9.17, 15) is 0 Å². The van der Waals surface area contributed by atoms with Gasteiger partial charge < -0.3 is 5.73 Å². The highest BCUT2D eigenvalue weighted by molar-refractivity contribution is 6.17. The first-order valence-electron chi connectivity index (χ1n) is 21.7. The van der Waals surface area contributed by atoms with Gasteiger partial charge in [-0.3, -0.25) is 4.99 Å². The lowest BCUT2D eigenvalue weighted by Crippen LogP contribution is -2.26. The molecule has 1 atom stereocenters. The Morgan fingerprint density at radius 1 is 0.381 bits per heavy atom. The van der Waals surface area contributed by atoms with Crippen molar-refractivity contribution in [3.05, 3.63) is 263 Å². The van der Waals surface area contributed by atoms with Crippen LogP contribution in [0.2, 0.25) is 0 Å². The second-order valence-corrected chi connectivity index (χ2v) is 16.4. The van der Waals surface area contributed by atoms with Crippen LogP contribution in [-0.2, 0) is 5.41 Å². The van der Waals surface area contributed by atoms with Crippen LogP contribution in [0.5, 0.6) is 0 Å². The Balaban J connectivity index is 0.000000475. The van der Waals surface area contributed by atoms with Crippen LogP contribution in [-0.4, -0.2) is 13.8 Å². The van der Waals surface area contributed by atoms with E-state index in [1.54, 1.807) is 0 Å². The number of fused-ring (bicyclic) bond motifs is 7. The van der Waals surface area contributed by atoms with Gasteiger partial charge in [0.2, 0.25) is 0 Å². The highest BCUT2D eigenvalue weighted by atomic mass is 14.7. The van der Waals surface area contributed by atoms with Crippen molar-refractivity contribution in [3.63, 3.8) is 0 Å². The molecule has 0 bridgehead atoms. The van der Waals surface area contributed by atoms with Crippen molar-refractivity contribution in [2.75, 3.05) is 7.05 Å². The number of aryl methyl sites for hydroxylation is 1. The van der Waals surface area contributed by atoms with E-state index in [1.807, 2.05) is 24.3 Å². The third kappa shape index (κ3) is 6.68. The number of nitrogens with two attached hydrogens (primary N) is 1. The Morgan fingerprint density at radius 2 is 0.857 bits per heavy atom. The van der Waals surface area contributed by atoms with Gasteiger partial charge >= 0.3 is 0 Å². The summed E-state index contributed by atoms with van der Waals surface area (Å²) in [5, 5.41) is 5.41. The third-order valence-corrected chi connectivity index (χ3v) is 12.9. The molecule has 0 saturated carbocycles. The maximum Gasteiger partial charge on any atom is 0.0992 e. The van der Waals surface area contributed by atoms with Crippen LogP contribution in [0.3, 0.4) is 0 Å². The average Bonchev–Trinajstić information content (AvgIpc) is 3.83. The normalized spacial score (nSPS) is 12.8. The molecule has 0 fully saturated rings. The van der Waals surface area contributed by atoms with Crippen molar-refractivity contribution >= 4 is 28.3 Å². The Morgan fingerprint density at radius 3 is 1.48 bits per heavy atom. The van der Waals surface area contributed by atoms with E-state index in [1.165, 1.54) is 101 Å². The third-order valence-electron chi connectivity index (χ3n) is 12.9. The lowest BCUT2D eigenvalue weighted by atomic mass is 9.70. The van der Waals surface area contributed by atoms with Gasteiger partial charge in [0.25, 0.3) is 0 Å². The molecule has 1 spiro atoms. The molecule has 2 aliphatic carbocycles. The highest BCUT2D eigenvalue weighted by Gasteiger charge is 2.50. The van der Waals surface area contributed by atoms with Gasteiger partial charge in [-0.1, -0.05) is 212 Å². The first-order chi connectivity index (χ1) is 31.1. The SMILES string of the molecule is C=NC(c1ccc(-c2ccccc2)cc1)c1cccc(-c2cccc(-c3ccc4c(c3)-c3ccccc3C43c4cccc5ccc6cccc3c6c45)c2)c1.CN.Cc1ccccc1. The molecule has 10 aromatic carbocycles. The van der Waals surface area contributed by atoms with Crippen LogP contribution >= 0.6 is 0 Å². The van der Waals surface area contributed by atoms with Crippen molar-refractivity contribution < 1.29 is 0 Å². The molecule has 2 N–H and O–H groups in total. The van der Waals surface area contributed by atoms with E-state index < -0.39 is 0 Å². The molecule has 63 heavy (non-hydrogen) atoms. The maximum atomic E-state index is 4.60. The summed E-state index contributed by atoms with van der Waals surface area (Å²) in [7, 11) is 1.50. The molecule has 12 rings (SSSR count). The van der Waals surface area contributed by atoms with Gasteiger partial charge in [-0.25, -0.2) is 0 Å². The molecule has 0 heterocycles. The van der Waals surface area contributed by atoms with Crippen LogP contribution in [0.1, 0.15) is 45.0 Å². The summed E-state index contributed by atoms with van der Waals surface area (Å²) in [6.45, 7) is 6.09. The van der Waals surface area contributed by atoms with Crippen molar-refractivity contribution in [2.24, 2.45) is 10.7 Å². The number of benzene rings is 10. The predicted molar refractivity (Wildman–Crippen MR) is 268 cm³/mol. The summed E-state index contributed by atoms with van der Waals surface area (Å²) in [6, 6.07) is 81.6. The van der Waals surface area contributed by atoms with Gasteiger partial charge in [-0.2, -0.15) is 0 Å². The number of hydrogen-bond acceptors (Lipinski definition) is 2. The smallest absolute Gasteiger partial charge is 0.0992 e. The largest absolute Gasteiger partial charge is 0.333 e. The number of hydrogen-bond donors (Lipinski definition) is 1. The Kier molecular flexibility index (Phi) is 10.4. The Labute approximate surface area is 370 Å². The molecule has 0 aromatic heterocycles. The number of nitrogens with zero attached hydrogens (tertiary/aromatic N) is 1. The zero-order valence-electron chi connectivity index (χ0n) is 35.7. The zero-order chi connectivity index (χ0) is 42.9. The van der Waals surface area contributed by atoms with Crippen molar-refractivity contribution in [3.8, 4) is 44.5 Å². The van der Waals surface area contributed by atoms with Gasteiger partial charge in [-0.05, 0) is 138 Å². The van der Waals surface area contributed by atoms with Crippen molar-refractivity contribution in [1.82, 2.24) is 0 Å². The summed E-state index contributed by atoms with van der Waals surface area (Å²) in [4.78, 5) is 4.60. The van der Waals surface area contributed by atoms with Crippen LogP contribution in [0.4, 0.5) is 0 Å². The molecular formula is C61H48N2. The minimum absolute atomic E-state index is 0.152. The molecule has 10 aromatic rings. The van der Waals surface area contributed by atoms with Gasteiger partial charge in [0.1, 0.15) is 0 Å². The number of rotatable bonds is 6. The van der Waals surface area contributed by atoms with Gasteiger partial charge in [0.05, 0.1) is 11.5 Å². The van der Waals surface area contributed by atoms with E-state index in [-0.39, 0.29) is 11.5 Å². The Hall–Kier alpha value is -7.65. The molecule has 2 nitrogen and oxygen atoms in total. The fraction of sp³-hybridized carbons (Fsp3) is 0.0656. The van der Waals surface area contributed by atoms with Gasteiger partial charge in [0.15, 0.2) is 0 Å². The number of aliphatic imine (C=N–C) groups is 1. The highest BCUT2D eigenvalue weighted by Crippen LogP contribution is 2.62. The Bertz CT molecular complexity index is 3210. The minimum atomic E-state index is -0.340. The van der Waals surface area contributed by atoms with E-state index >= 15 is 0 Å². The topological polar surface area (TPSA) is 38.4 Å². The molecule has 0 radical (unpaired) electrons. The van der Waals surface area contributed by atoms with E-state index in [0.29, 0.717) is 0 Å². The standard InChI is InChI=1S/C53H35N.C7H8.CH5N/c1-54-52(38-27-23-35(24-28-38)34-11-3-2-4-12-34)43-18-8-17-41(32-43)39-15-7-16-40(31-39)42-29-30-47-45(33-42)44-19-5-6-20-46(44)53(47)48-21-9-13-36-25-26-37-14-10-22-49(53)51(37)50(36)48;1-7-5-3-2-4-6-7;1-2/h2-33,52H,1H2;2-6H,1H3;2H2,1H3. The molecule has 0 amide bonds. The fourth-order valence-electron chi connectivity index (χ4n) is 10.2. The van der Waals surface area contributed by atoms with Gasteiger partial charge in [-0.15, -0.1) is 0 Å².